The fourth-order valence-corrected chi connectivity index (χ4v) is 1.91. The van der Waals surface area contributed by atoms with Crippen molar-refractivity contribution in [2.75, 3.05) is 6.61 Å². The molecule has 14 heavy (non-hydrogen) atoms. The summed E-state index contributed by atoms with van der Waals surface area (Å²) in [6.45, 7) is 2.35. The lowest BCUT2D eigenvalue weighted by Gasteiger charge is -2.09. The van der Waals surface area contributed by atoms with Crippen LogP contribution in [0.3, 0.4) is 0 Å². The Bertz CT molecular complexity index is 352. The highest BCUT2D eigenvalue weighted by Gasteiger charge is 2.07. The lowest BCUT2D eigenvalue weighted by molar-refractivity contribution is 0.237. The first-order valence-corrected chi connectivity index (χ1v) is 5.19. The van der Waals surface area contributed by atoms with Gasteiger partial charge < -0.3 is 5.11 Å². The lowest BCUT2D eigenvalue weighted by atomic mass is 9.98. The van der Waals surface area contributed by atoms with E-state index in [4.69, 9.17) is 5.11 Å². The molecular formula is C13H16O. The van der Waals surface area contributed by atoms with E-state index in [0.717, 1.165) is 12.8 Å². The first-order valence-electron chi connectivity index (χ1n) is 5.19. The van der Waals surface area contributed by atoms with E-state index in [-0.39, 0.29) is 6.61 Å². The molecular weight excluding hydrogens is 172 g/mol. The molecule has 1 aliphatic carbocycles. The Morgan fingerprint density at radius 2 is 2.29 bits per heavy atom. The van der Waals surface area contributed by atoms with Gasteiger partial charge in [0.25, 0.3) is 0 Å². The van der Waals surface area contributed by atoms with Gasteiger partial charge in [0.15, 0.2) is 0 Å². The largest absolute Gasteiger partial charge is 0.396 e. The van der Waals surface area contributed by atoms with Crippen LogP contribution in [0.15, 0.2) is 24.3 Å². The molecule has 1 atom stereocenters. The average Bonchev–Trinajstić information content (AvgIpc) is 2.64. The maximum atomic E-state index is 8.98. The van der Waals surface area contributed by atoms with Crippen molar-refractivity contribution in [3.8, 4) is 0 Å². The number of aliphatic hydroxyl groups is 1. The second kappa shape index (κ2) is 3.97. The maximum Gasteiger partial charge on any atom is 0.0459 e. The summed E-state index contributed by atoms with van der Waals surface area (Å²) in [5, 5.41) is 8.98. The van der Waals surface area contributed by atoms with Gasteiger partial charge >= 0.3 is 0 Å². The summed E-state index contributed by atoms with van der Waals surface area (Å²) in [7, 11) is 0. The Kier molecular flexibility index (Phi) is 2.69. The second-order valence-electron chi connectivity index (χ2n) is 4.13. The number of rotatable bonds is 3. The Morgan fingerprint density at radius 3 is 3.07 bits per heavy atom. The molecule has 0 fully saturated rings. The van der Waals surface area contributed by atoms with E-state index in [1.165, 1.54) is 16.7 Å². The quantitative estimate of drug-likeness (QED) is 0.772. The minimum Gasteiger partial charge on any atom is -0.396 e. The molecule has 1 N–H and O–H groups in total. The molecule has 1 aliphatic rings. The monoisotopic (exact) mass is 188 g/mol. The van der Waals surface area contributed by atoms with Crippen LogP contribution < -0.4 is 0 Å². The van der Waals surface area contributed by atoms with Crippen LogP contribution in [0.2, 0.25) is 0 Å². The highest BCUT2D eigenvalue weighted by atomic mass is 16.3. The van der Waals surface area contributed by atoms with Crippen molar-refractivity contribution < 1.29 is 5.11 Å². The summed E-state index contributed by atoms with van der Waals surface area (Å²) in [5.41, 5.74) is 4.12. The standard InChI is InChI=1S/C13H16O/c1-10(9-14)7-11-5-6-12-3-2-4-13(12)8-11/h2-3,5-6,8,10,14H,4,7,9H2,1H3. The molecule has 0 aliphatic heterocycles. The van der Waals surface area contributed by atoms with Gasteiger partial charge in [-0.2, -0.15) is 0 Å². The van der Waals surface area contributed by atoms with Gasteiger partial charge in [-0.3, -0.25) is 0 Å². The number of hydrogen-bond acceptors (Lipinski definition) is 1. The number of benzene rings is 1. The van der Waals surface area contributed by atoms with Crippen LogP contribution in [0, 0.1) is 5.92 Å². The fourth-order valence-electron chi connectivity index (χ4n) is 1.91. The summed E-state index contributed by atoms with van der Waals surface area (Å²) in [6.07, 6.45) is 6.42. The molecule has 74 valence electrons. The molecule has 0 saturated heterocycles. The molecule has 0 radical (unpaired) electrons. The van der Waals surface area contributed by atoms with Gasteiger partial charge in [0, 0.05) is 6.61 Å². The SMILES string of the molecule is CC(CO)Cc1ccc2c(c1)CC=C2. The zero-order chi connectivity index (χ0) is 9.97. The first kappa shape index (κ1) is 9.47. The van der Waals surface area contributed by atoms with Crippen LogP contribution in [-0.4, -0.2) is 11.7 Å². The van der Waals surface area contributed by atoms with Gasteiger partial charge in [-0.15, -0.1) is 0 Å². The number of aliphatic hydroxyl groups excluding tert-OH is 1. The Morgan fingerprint density at radius 1 is 1.43 bits per heavy atom. The Labute approximate surface area is 85.1 Å². The smallest absolute Gasteiger partial charge is 0.0459 e. The molecule has 1 nitrogen and oxygen atoms in total. The fraction of sp³-hybridized carbons (Fsp3) is 0.385. The predicted molar refractivity (Wildman–Crippen MR) is 59.1 cm³/mol. The molecule has 1 aromatic rings. The molecule has 0 aromatic heterocycles. The van der Waals surface area contributed by atoms with Crippen LogP contribution in [0.1, 0.15) is 23.6 Å². The van der Waals surface area contributed by atoms with E-state index in [0.29, 0.717) is 5.92 Å². The highest BCUT2D eigenvalue weighted by molar-refractivity contribution is 5.60. The number of allylic oxidation sites excluding steroid dienone is 1. The van der Waals surface area contributed by atoms with E-state index >= 15 is 0 Å². The first-order chi connectivity index (χ1) is 6.79. The van der Waals surface area contributed by atoms with E-state index in [2.05, 4.69) is 37.3 Å². The van der Waals surface area contributed by atoms with Crippen molar-refractivity contribution in [3.05, 3.63) is 41.0 Å². The normalized spacial score (nSPS) is 15.6. The van der Waals surface area contributed by atoms with Crippen molar-refractivity contribution >= 4 is 6.08 Å². The van der Waals surface area contributed by atoms with Crippen LogP contribution in [0.4, 0.5) is 0 Å². The zero-order valence-corrected chi connectivity index (χ0v) is 8.53. The van der Waals surface area contributed by atoms with Crippen molar-refractivity contribution in [2.45, 2.75) is 19.8 Å². The molecule has 2 rings (SSSR count). The van der Waals surface area contributed by atoms with Crippen molar-refractivity contribution in [1.82, 2.24) is 0 Å². The van der Waals surface area contributed by atoms with E-state index in [9.17, 15) is 0 Å². The minimum absolute atomic E-state index is 0.273. The van der Waals surface area contributed by atoms with Gasteiger partial charge in [0.1, 0.15) is 0 Å². The lowest BCUT2D eigenvalue weighted by Crippen LogP contribution is -2.04. The molecule has 0 amide bonds. The third-order valence-corrected chi connectivity index (χ3v) is 2.74. The third-order valence-electron chi connectivity index (χ3n) is 2.74. The number of fused-ring (bicyclic) bond motifs is 1. The summed E-state index contributed by atoms with van der Waals surface area (Å²) in [6, 6.07) is 6.61. The summed E-state index contributed by atoms with van der Waals surface area (Å²) < 4.78 is 0. The van der Waals surface area contributed by atoms with Crippen LogP contribution in [-0.2, 0) is 12.8 Å². The summed E-state index contributed by atoms with van der Waals surface area (Å²) in [5.74, 6) is 0.363. The van der Waals surface area contributed by atoms with Crippen LogP contribution >= 0.6 is 0 Å². The van der Waals surface area contributed by atoms with Gasteiger partial charge in [-0.25, -0.2) is 0 Å². The van der Waals surface area contributed by atoms with Crippen LogP contribution in [0.5, 0.6) is 0 Å². The van der Waals surface area contributed by atoms with Gasteiger partial charge in [0.2, 0.25) is 0 Å². The summed E-state index contributed by atoms with van der Waals surface area (Å²) >= 11 is 0. The Hall–Kier alpha value is -1.08. The zero-order valence-electron chi connectivity index (χ0n) is 8.53. The van der Waals surface area contributed by atoms with Crippen molar-refractivity contribution in [2.24, 2.45) is 5.92 Å². The van der Waals surface area contributed by atoms with Crippen LogP contribution in [0.25, 0.3) is 6.08 Å². The molecule has 0 spiro atoms. The molecule has 1 aromatic carbocycles. The van der Waals surface area contributed by atoms with Gasteiger partial charge in [-0.1, -0.05) is 37.3 Å². The molecule has 0 heterocycles. The minimum atomic E-state index is 0.273. The van der Waals surface area contributed by atoms with E-state index < -0.39 is 0 Å². The van der Waals surface area contributed by atoms with Crippen molar-refractivity contribution in [3.63, 3.8) is 0 Å². The molecule has 0 bridgehead atoms. The molecule has 1 heteroatoms. The van der Waals surface area contributed by atoms with E-state index in [1.54, 1.807) is 0 Å². The van der Waals surface area contributed by atoms with E-state index in [1.807, 2.05) is 0 Å². The number of hydrogen-bond donors (Lipinski definition) is 1. The average molecular weight is 188 g/mol. The molecule has 1 unspecified atom stereocenters. The predicted octanol–water partition coefficient (Wildman–Crippen LogP) is 2.43. The second-order valence-corrected chi connectivity index (χ2v) is 4.13. The highest BCUT2D eigenvalue weighted by Crippen LogP contribution is 2.21. The Balaban J connectivity index is 2.14. The van der Waals surface area contributed by atoms with Gasteiger partial charge in [0.05, 0.1) is 0 Å². The van der Waals surface area contributed by atoms with Crippen molar-refractivity contribution in [1.29, 1.82) is 0 Å². The third kappa shape index (κ3) is 1.88. The topological polar surface area (TPSA) is 20.2 Å². The maximum absolute atomic E-state index is 8.98. The summed E-state index contributed by atoms with van der Waals surface area (Å²) in [4.78, 5) is 0. The molecule has 0 saturated carbocycles. The van der Waals surface area contributed by atoms with Gasteiger partial charge in [-0.05, 0) is 35.4 Å².